The third kappa shape index (κ3) is 2.64. The van der Waals surface area contributed by atoms with Crippen molar-refractivity contribution in [1.29, 1.82) is 0 Å². The van der Waals surface area contributed by atoms with Crippen LogP contribution in [0.15, 0.2) is 23.1 Å². The summed E-state index contributed by atoms with van der Waals surface area (Å²) >= 11 is 0.859. The first-order valence-electron chi connectivity index (χ1n) is 3.61. The lowest BCUT2D eigenvalue weighted by Crippen LogP contribution is -2.25. The van der Waals surface area contributed by atoms with Crippen LogP contribution >= 0.6 is 11.8 Å². The van der Waals surface area contributed by atoms with Gasteiger partial charge in [0.25, 0.3) is 5.24 Å². The zero-order valence-electron chi connectivity index (χ0n) is 7.07. The Morgan fingerprint density at radius 1 is 1.62 bits per heavy atom. The molecular weight excluding hydrogens is 188 g/mol. The Kier molecular flexibility index (Phi) is 3.16. The number of carbonyl (C=O) groups excluding carboxylic acids is 1. The van der Waals surface area contributed by atoms with Gasteiger partial charge in [-0.05, 0) is 36.4 Å². The molecule has 4 nitrogen and oxygen atoms in total. The van der Waals surface area contributed by atoms with E-state index in [2.05, 4.69) is 0 Å². The molecule has 1 rings (SSSR count). The summed E-state index contributed by atoms with van der Waals surface area (Å²) in [7, 11) is 0. The zero-order chi connectivity index (χ0) is 9.84. The molecule has 0 heterocycles. The van der Waals surface area contributed by atoms with Crippen LogP contribution in [0.25, 0.3) is 0 Å². The fourth-order valence-corrected chi connectivity index (χ4v) is 1.51. The average Bonchev–Trinajstić information content (AvgIpc) is 2.11. The van der Waals surface area contributed by atoms with E-state index in [9.17, 15) is 9.90 Å². The van der Waals surface area contributed by atoms with E-state index in [1.54, 1.807) is 18.2 Å². The van der Waals surface area contributed by atoms with Gasteiger partial charge in [0.1, 0.15) is 5.75 Å². The number of amides is 1. The quantitative estimate of drug-likeness (QED) is 0.276. The Hall–Kier alpha value is -1.20. The maximum atomic E-state index is 10.9. The average molecular weight is 198 g/mol. The monoisotopic (exact) mass is 198 g/mol. The maximum Gasteiger partial charge on any atom is 0.297 e. The molecular formula is C8H10N2O2S. The van der Waals surface area contributed by atoms with Crippen LogP contribution in [0.1, 0.15) is 5.56 Å². The van der Waals surface area contributed by atoms with Crippen molar-refractivity contribution in [1.82, 2.24) is 5.43 Å². The van der Waals surface area contributed by atoms with Gasteiger partial charge in [0.15, 0.2) is 0 Å². The zero-order valence-corrected chi connectivity index (χ0v) is 7.89. The van der Waals surface area contributed by atoms with Gasteiger partial charge in [-0.25, -0.2) is 5.84 Å². The van der Waals surface area contributed by atoms with Crippen LogP contribution in [0.3, 0.4) is 0 Å². The number of hydrogen-bond donors (Lipinski definition) is 3. The first-order chi connectivity index (χ1) is 6.13. The lowest BCUT2D eigenvalue weighted by Gasteiger charge is -2.03. The van der Waals surface area contributed by atoms with Gasteiger partial charge < -0.3 is 5.11 Å². The van der Waals surface area contributed by atoms with Gasteiger partial charge in [0.2, 0.25) is 0 Å². The molecule has 0 radical (unpaired) electrons. The molecule has 0 unspecified atom stereocenters. The number of benzene rings is 1. The van der Waals surface area contributed by atoms with Crippen LogP contribution in [0.5, 0.6) is 5.75 Å². The number of aromatic hydroxyl groups is 1. The Balaban J connectivity index is 2.87. The highest BCUT2D eigenvalue weighted by molar-refractivity contribution is 8.13. The Bertz CT molecular complexity index is 328. The molecule has 0 spiro atoms. The van der Waals surface area contributed by atoms with Crippen molar-refractivity contribution >= 4 is 17.0 Å². The highest BCUT2D eigenvalue weighted by Gasteiger charge is 2.06. The minimum atomic E-state index is -0.402. The van der Waals surface area contributed by atoms with E-state index >= 15 is 0 Å². The van der Waals surface area contributed by atoms with Crippen LogP contribution < -0.4 is 11.3 Å². The third-order valence-corrected chi connectivity index (χ3v) is 2.29. The molecule has 5 heteroatoms. The minimum absolute atomic E-state index is 0.0826. The van der Waals surface area contributed by atoms with Crippen molar-refractivity contribution in [2.45, 2.75) is 11.8 Å². The number of nitrogens with two attached hydrogens (primary N) is 1. The SMILES string of the molecule is Cc1ccc(O)c(SC(=O)NN)c1. The molecule has 13 heavy (non-hydrogen) atoms. The number of aryl methyl sites for hydroxylation is 1. The number of phenolic OH excluding ortho intramolecular Hbond substituents is 1. The molecule has 70 valence electrons. The van der Waals surface area contributed by atoms with Gasteiger partial charge in [0, 0.05) is 0 Å². The summed E-state index contributed by atoms with van der Waals surface area (Å²) in [5.41, 5.74) is 2.95. The van der Waals surface area contributed by atoms with E-state index in [1.165, 1.54) is 0 Å². The number of nitrogens with one attached hydrogen (secondary N) is 1. The van der Waals surface area contributed by atoms with E-state index in [-0.39, 0.29) is 5.75 Å². The number of hydrogen-bond acceptors (Lipinski definition) is 4. The molecule has 0 atom stereocenters. The van der Waals surface area contributed by atoms with Crippen molar-refractivity contribution < 1.29 is 9.90 Å². The number of hydrazine groups is 1. The van der Waals surface area contributed by atoms with Crippen LogP contribution in [0, 0.1) is 6.92 Å². The summed E-state index contributed by atoms with van der Waals surface area (Å²) in [6.45, 7) is 1.88. The van der Waals surface area contributed by atoms with Gasteiger partial charge in [-0.15, -0.1) is 0 Å². The molecule has 1 amide bonds. The largest absolute Gasteiger partial charge is 0.507 e. The van der Waals surface area contributed by atoms with Crippen molar-refractivity contribution in [3.05, 3.63) is 23.8 Å². The van der Waals surface area contributed by atoms with Crippen LogP contribution in [0.2, 0.25) is 0 Å². The van der Waals surface area contributed by atoms with Gasteiger partial charge in [0.05, 0.1) is 4.90 Å². The minimum Gasteiger partial charge on any atom is -0.507 e. The molecule has 0 aliphatic carbocycles. The Morgan fingerprint density at radius 2 is 2.31 bits per heavy atom. The van der Waals surface area contributed by atoms with Gasteiger partial charge >= 0.3 is 0 Å². The summed E-state index contributed by atoms with van der Waals surface area (Å²) in [6, 6.07) is 5.02. The van der Waals surface area contributed by atoms with E-state index < -0.39 is 5.24 Å². The summed E-state index contributed by atoms with van der Waals surface area (Å²) < 4.78 is 0. The summed E-state index contributed by atoms with van der Waals surface area (Å²) in [6.07, 6.45) is 0. The first-order valence-corrected chi connectivity index (χ1v) is 4.43. The fourth-order valence-electron chi connectivity index (χ4n) is 0.832. The molecule has 0 saturated carbocycles. The first kappa shape index (κ1) is 9.88. The van der Waals surface area contributed by atoms with Crippen LogP contribution in [-0.2, 0) is 0 Å². The Labute approximate surface area is 80.1 Å². The Morgan fingerprint density at radius 3 is 2.92 bits per heavy atom. The van der Waals surface area contributed by atoms with Crippen LogP contribution in [-0.4, -0.2) is 10.3 Å². The van der Waals surface area contributed by atoms with Gasteiger partial charge in [-0.1, -0.05) is 6.07 Å². The predicted octanol–water partition coefficient (Wildman–Crippen LogP) is 1.38. The predicted molar refractivity (Wildman–Crippen MR) is 51.4 cm³/mol. The molecule has 0 saturated heterocycles. The molecule has 0 aliphatic rings. The molecule has 0 aromatic heterocycles. The molecule has 0 bridgehead atoms. The molecule has 4 N–H and O–H groups in total. The number of carbonyl (C=O) groups is 1. The molecule has 1 aromatic rings. The summed E-state index contributed by atoms with van der Waals surface area (Å²) in [5, 5.41) is 8.94. The maximum absolute atomic E-state index is 10.9. The van der Waals surface area contributed by atoms with Gasteiger partial charge in [-0.3, -0.25) is 10.2 Å². The van der Waals surface area contributed by atoms with Crippen molar-refractivity contribution in [2.75, 3.05) is 0 Å². The molecule has 0 fully saturated rings. The highest BCUT2D eigenvalue weighted by Crippen LogP contribution is 2.29. The molecule has 0 aliphatic heterocycles. The normalized spacial score (nSPS) is 9.69. The standard InChI is InChI=1S/C8H10N2O2S/c1-5-2-3-6(11)7(4-5)13-8(12)10-9/h2-4,11H,9H2,1H3,(H,10,12). The number of phenols is 1. The second-order valence-electron chi connectivity index (χ2n) is 2.51. The lowest BCUT2D eigenvalue weighted by atomic mass is 10.2. The second-order valence-corrected chi connectivity index (χ2v) is 3.52. The van der Waals surface area contributed by atoms with Crippen molar-refractivity contribution in [3.63, 3.8) is 0 Å². The van der Waals surface area contributed by atoms with Crippen molar-refractivity contribution in [2.24, 2.45) is 5.84 Å². The number of thioether (sulfide) groups is 1. The van der Waals surface area contributed by atoms with Gasteiger partial charge in [-0.2, -0.15) is 0 Å². The summed E-state index contributed by atoms with van der Waals surface area (Å²) in [4.78, 5) is 11.4. The lowest BCUT2D eigenvalue weighted by molar-refractivity contribution is 0.261. The van der Waals surface area contributed by atoms with Crippen molar-refractivity contribution in [3.8, 4) is 5.75 Å². The third-order valence-electron chi connectivity index (χ3n) is 1.44. The van der Waals surface area contributed by atoms with E-state index in [4.69, 9.17) is 5.84 Å². The van der Waals surface area contributed by atoms with E-state index in [0.29, 0.717) is 4.90 Å². The highest BCUT2D eigenvalue weighted by atomic mass is 32.2. The summed E-state index contributed by atoms with van der Waals surface area (Å²) in [5.74, 6) is 4.99. The van der Waals surface area contributed by atoms with Crippen LogP contribution in [0.4, 0.5) is 4.79 Å². The number of rotatable bonds is 1. The topological polar surface area (TPSA) is 75.3 Å². The second kappa shape index (κ2) is 4.15. The fraction of sp³-hybridized carbons (Fsp3) is 0.125. The van der Waals surface area contributed by atoms with E-state index in [0.717, 1.165) is 17.3 Å². The van der Waals surface area contributed by atoms with E-state index in [1.807, 2.05) is 12.3 Å². The molecule has 1 aromatic carbocycles. The smallest absolute Gasteiger partial charge is 0.297 e.